The molecule has 0 amide bonds. The summed E-state index contributed by atoms with van der Waals surface area (Å²) in [6, 6.07) is 7.67. The molecule has 0 aromatic heterocycles. The van der Waals surface area contributed by atoms with Crippen LogP contribution in [-0.2, 0) is 12.1 Å². The maximum atomic E-state index is 14.6. The van der Waals surface area contributed by atoms with Crippen LogP contribution in [0.5, 0.6) is 0 Å². The number of rotatable bonds is 3. The molecule has 0 bridgehead atoms. The average molecular weight is 223 g/mol. The van der Waals surface area contributed by atoms with E-state index in [1.807, 2.05) is 45.0 Å². The number of benzene rings is 1. The molecule has 0 spiro atoms. The zero-order chi connectivity index (χ0) is 12.4. The number of nitrogens with two attached hydrogens (primary N) is 1. The lowest BCUT2D eigenvalue weighted by molar-refractivity contribution is 0.0452. The van der Waals surface area contributed by atoms with E-state index in [1.165, 1.54) is 0 Å². The predicted octanol–water partition coefficient (Wildman–Crippen LogP) is 3.42. The molecule has 90 valence electrons. The van der Waals surface area contributed by atoms with Gasteiger partial charge in [0.25, 0.3) is 0 Å². The second kappa shape index (κ2) is 4.54. The zero-order valence-electron chi connectivity index (χ0n) is 10.7. The first-order valence-corrected chi connectivity index (χ1v) is 5.77. The average Bonchev–Trinajstić information content (AvgIpc) is 2.17. The van der Waals surface area contributed by atoms with Gasteiger partial charge in [-0.15, -0.1) is 0 Å². The second-order valence-corrected chi connectivity index (χ2v) is 5.49. The molecule has 0 radical (unpaired) electrons. The topological polar surface area (TPSA) is 26.0 Å². The maximum absolute atomic E-state index is 14.6. The first-order valence-electron chi connectivity index (χ1n) is 5.77. The largest absolute Gasteiger partial charge is 0.330 e. The third-order valence-corrected chi connectivity index (χ3v) is 3.34. The molecule has 1 aromatic carbocycles. The van der Waals surface area contributed by atoms with Crippen LogP contribution < -0.4 is 5.73 Å². The van der Waals surface area contributed by atoms with Crippen LogP contribution in [0.15, 0.2) is 24.3 Å². The Balaban J connectivity index is 2.97. The Morgan fingerprint density at radius 2 is 1.56 bits per heavy atom. The molecule has 0 saturated carbocycles. The van der Waals surface area contributed by atoms with Gasteiger partial charge in [0.2, 0.25) is 0 Å². The third-order valence-electron chi connectivity index (χ3n) is 3.34. The van der Waals surface area contributed by atoms with Crippen LogP contribution >= 0.6 is 0 Å². The second-order valence-electron chi connectivity index (χ2n) is 5.49. The Labute approximate surface area is 97.9 Å². The minimum Gasteiger partial charge on any atom is -0.330 e. The van der Waals surface area contributed by atoms with Crippen molar-refractivity contribution in [2.45, 2.75) is 39.8 Å². The van der Waals surface area contributed by atoms with Crippen molar-refractivity contribution in [3.63, 3.8) is 0 Å². The standard InChI is InChI=1S/C14H22FN/c1-13(2,3)14(4,15)12-7-5-11(6-8-12)9-10-16/h5-8H,9-10,16H2,1-4H3. The molecule has 1 aromatic rings. The number of hydrogen-bond donors (Lipinski definition) is 1. The summed E-state index contributed by atoms with van der Waals surface area (Å²) in [5, 5.41) is 0. The van der Waals surface area contributed by atoms with Gasteiger partial charge in [-0.3, -0.25) is 0 Å². The van der Waals surface area contributed by atoms with Crippen molar-refractivity contribution in [3.05, 3.63) is 35.4 Å². The van der Waals surface area contributed by atoms with E-state index in [0.29, 0.717) is 6.54 Å². The molecule has 1 atom stereocenters. The predicted molar refractivity (Wildman–Crippen MR) is 67.1 cm³/mol. The van der Waals surface area contributed by atoms with Crippen LogP contribution in [0, 0.1) is 5.41 Å². The van der Waals surface area contributed by atoms with Crippen molar-refractivity contribution in [3.8, 4) is 0 Å². The van der Waals surface area contributed by atoms with Crippen LogP contribution in [0.2, 0.25) is 0 Å². The number of alkyl halides is 1. The maximum Gasteiger partial charge on any atom is 0.138 e. The summed E-state index contributed by atoms with van der Waals surface area (Å²) in [4.78, 5) is 0. The van der Waals surface area contributed by atoms with Crippen molar-refractivity contribution < 1.29 is 4.39 Å². The SMILES string of the molecule is CC(C)(C)C(C)(F)c1ccc(CCN)cc1. The highest BCUT2D eigenvalue weighted by Crippen LogP contribution is 2.42. The minimum atomic E-state index is -1.31. The summed E-state index contributed by atoms with van der Waals surface area (Å²) in [7, 11) is 0. The molecule has 2 N–H and O–H groups in total. The fourth-order valence-corrected chi connectivity index (χ4v) is 1.58. The molecule has 2 heteroatoms. The Kier molecular flexibility index (Phi) is 3.74. The van der Waals surface area contributed by atoms with E-state index in [2.05, 4.69) is 0 Å². The highest BCUT2D eigenvalue weighted by atomic mass is 19.1. The van der Waals surface area contributed by atoms with E-state index < -0.39 is 11.1 Å². The van der Waals surface area contributed by atoms with E-state index in [-0.39, 0.29) is 0 Å². The molecule has 0 heterocycles. The molecule has 0 fully saturated rings. The first-order chi connectivity index (χ1) is 7.29. The molecular weight excluding hydrogens is 201 g/mol. The van der Waals surface area contributed by atoms with Crippen molar-refractivity contribution >= 4 is 0 Å². The molecule has 1 rings (SSSR count). The van der Waals surface area contributed by atoms with E-state index in [4.69, 9.17) is 5.73 Å². The van der Waals surface area contributed by atoms with Gasteiger partial charge in [0.05, 0.1) is 0 Å². The summed E-state index contributed by atoms with van der Waals surface area (Å²) in [6.07, 6.45) is 0.846. The van der Waals surface area contributed by atoms with Gasteiger partial charge in [0.15, 0.2) is 0 Å². The van der Waals surface area contributed by atoms with Gasteiger partial charge in [0, 0.05) is 0 Å². The van der Waals surface area contributed by atoms with Gasteiger partial charge < -0.3 is 5.73 Å². The molecule has 16 heavy (non-hydrogen) atoms. The lowest BCUT2D eigenvalue weighted by atomic mass is 9.75. The van der Waals surface area contributed by atoms with Gasteiger partial charge in [-0.1, -0.05) is 45.0 Å². The molecule has 1 unspecified atom stereocenters. The van der Waals surface area contributed by atoms with Crippen molar-refractivity contribution in [1.82, 2.24) is 0 Å². The smallest absolute Gasteiger partial charge is 0.138 e. The highest BCUT2D eigenvalue weighted by Gasteiger charge is 2.39. The van der Waals surface area contributed by atoms with Crippen LogP contribution in [-0.4, -0.2) is 6.54 Å². The summed E-state index contributed by atoms with van der Waals surface area (Å²) in [5.41, 5.74) is 5.67. The molecule has 0 aliphatic rings. The lowest BCUT2D eigenvalue weighted by Gasteiger charge is -2.35. The highest BCUT2D eigenvalue weighted by molar-refractivity contribution is 5.28. The Hall–Kier alpha value is -0.890. The monoisotopic (exact) mass is 223 g/mol. The fraction of sp³-hybridized carbons (Fsp3) is 0.571. The van der Waals surface area contributed by atoms with Crippen molar-refractivity contribution in [1.29, 1.82) is 0 Å². The molecule has 0 aliphatic carbocycles. The Bertz CT molecular complexity index is 333. The summed E-state index contributed by atoms with van der Waals surface area (Å²) in [6.45, 7) is 8.03. The van der Waals surface area contributed by atoms with Crippen LogP contribution in [0.1, 0.15) is 38.8 Å². The van der Waals surface area contributed by atoms with Crippen molar-refractivity contribution in [2.24, 2.45) is 11.1 Å². The quantitative estimate of drug-likeness (QED) is 0.835. The fourth-order valence-electron chi connectivity index (χ4n) is 1.58. The minimum absolute atomic E-state index is 0.400. The molecule has 0 saturated heterocycles. The first kappa shape index (κ1) is 13.2. The van der Waals surface area contributed by atoms with Gasteiger partial charge in [-0.2, -0.15) is 0 Å². The Morgan fingerprint density at radius 3 is 1.94 bits per heavy atom. The normalized spacial score (nSPS) is 15.9. The number of halogens is 1. The molecular formula is C14H22FN. The van der Waals surface area contributed by atoms with Gasteiger partial charge in [-0.25, -0.2) is 4.39 Å². The Morgan fingerprint density at radius 1 is 1.06 bits per heavy atom. The van der Waals surface area contributed by atoms with Gasteiger partial charge in [0.1, 0.15) is 5.67 Å². The van der Waals surface area contributed by atoms with E-state index >= 15 is 0 Å². The van der Waals surface area contributed by atoms with Crippen LogP contribution in [0.3, 0.4) is 0 Å². The van der Waals surface area contributed by atoms with Crippen molar-refractivity contribution in [2.75, 3.05) is 6.54 Å². The summed E-state index contributed by atoms with van der Waals surface area (Å²) >= 11 is 0. The van der Waals surface area contributed by atoms with E-state index in [9.17, 15) is 4.39 Å². The third kappa shape index (κ3) is 2.62. The summed E-state index contributed by atoms with van der Waals surface area (Å²) in [5.74, 6) is 0. The van der Waals surface area contributed by atoms with Gasteiger partial charge in [-0.05, 0) is 36.4 Å². The molecule has 0 aliphatic heterocycles. The van der Waals surface area contributed by atoms with Crippen LogP contribution in [0.25, 0.3) is 0 Å². The van der Waals surface area contributed by atoms with E-state index in [1.54, 1.807) is 6.92 Å². The van der Waals surface area contributed by atoms with Crippen LogP contribution in [0.4, 0.5) is 4.39 Å². The van der Waals surface area contributed by atoms with E-state index in [0.717, 1.165) is 17.5 Å². The summed E-state index contributed by atoms with van der Waals surface area (Å²) < 4.78 is 14.6. The van der Waals surface area contributed by atoms with Gasteiger partial charge >= 0.3 is 0 Å². The number of hydrogen-bond acceptors (Lipinski definition) is 1. The molecule has 1 nitrogen and oxygen atoms in total. The lowest BCUT2D eigenvalue weighted by Crippen LogP contribution is -2.32. The zero-order valence-corrected chi connectivity index (χ0v) is 10.7.